The number of rotatable bonds is 0. The molecule has 4 saturated carbocycles. The van der Waals surface area contributed by atoms with Gasteiger partial charge < -0.3 is 5.11 Å². The van der Waals surface area contributed by atoms with Crippen LogP contribution >= 0.6 is 0 Å². The van der Waals surface area contributed by atoms with E-state index >= 15 is 0 Å². The van der Waals surface area contributed by atoms with Crippen LogP contribution in [0.3, 0.4) is 0 Å². The highest BCUT2D eigenvalue weighted by Crippen LogP contribution is 2.66. The number of hydrogen-bond donors (Lipinski definition) is 1. The second-order valence-electron chi connectivity index (χ2n) is 13.0. The van der Waals surface area contributed by atoms with E-state index in [-0.39, 0.29) is 17.4 Å². The van der Waals surface area contributed by atoms with E-state index in [1.54, 1.807) is 0 Å². The molecule has 0 spiro atoms. The monoisotopic (exact) mass is 413 g/mol. The fourth-order valence-corrected chi connectivity index (χ4v) is 10.3. The van der Waals surface area contributed by atoms with Gasteiger partial charge in [-0.1, -0.05) is 20.8 Å². The third kappa shape index (κ3) is 2.79. The second kappa shape index (κ2) is 7.04. The molecule has 0 amide bonds. The Morgan fingerprint density at radius 2 is 1.70 bits per heavy atom. The Morgan fingerprint density at radius 3 is 2.53 bits per heavy atom. The van der Waals surface area contributed by atoms with Gasteiger partial charge in [0, 0.05) is 31.5 Å². The van der Waals surface area contributed by atoms with Gasteiger partial charge in [0.15, 0.2) is 0 Å². The average molecular weight is 414 g/mol. The van der Waals surface area contributed by atoms with Gasteiger partial charge in [0.2, 0.25) is 0 Å². The number of nitrogens with zero attached hydrogens (tertiary/aromatic N) is 1. The molecule has 3 heteroatoms. The Hall–Kier alpha value is -0.410. The summed E-state index contributed by atoms with van der Waals surface area (Å²) in [6, 6.07) is 0.839. The van der Waals surface area contributed by atoms with Crippen LogP contribution in [-0.2, 0) is 4.79 Å². The van der Waals surface area contributed by atoms with Gasteiger partial charge in [-0.25, -0.2) is 0 Å². The summed E-state index contributed by atoms with van der Waals surface area (Å²) in [6.07, 6.45) is 10.3. The molecule has 3 nitrogen and oxygen atoms in total. The molecule has 2 saturated heterocycles. The number of piperidine rings is 2. The quantitative estimate of drug-likeness (QED) is 0.622. The van der Waals surface area contributed by atoms with Crippen LogP contribution in [0.4, 0.5) is 0 Å². The lowest BCUT2D eigenvalue weighted by atomic mass is 9.51. The first kappa shape index (κ1) is 20.2. The highest BCUT2D eigenvalue weighted by Gasteiger charge is 2.62. The van der Waals surface area contributed by atoms with Crippen molar-refractivity contribution in [2.75, 3.05) is 13.1 Å². The molecular formula is C27H43NO2. The summed E-state index contributed by atoms with van der Waals surface area (Å²) in [5.74, 6) is 7.19. The maximum absolute atomic E-state index is 13.2. The van der Waals surface area contributed by atoms with E-state index in [9.17, 15) is 9.90 Å². The zero-order valence-corrected chi connectivity index (χ0v) is 19.4. The number of fused-ring (bicyclic) bond motifs is 8. The van der Waals surface area contributed by atoms with Crippen molar-refractivity contribution in [3.8, 4) is 0 Å². The van der Waals surface area contributed by atoms with Crippen molar-refractivity contribution < 1.29 is 9.90 Å². The summed E-state index contributed by atoms with van der Waals surface area (Å²) in [5, 5.41) is 10.3. The third-order valence-corrected chi connectivity index (χ3v) is 11.8. The first-order valence-electron chi connectivity index (χ1n) is 13.3. The zero-order valence-electron chi connectivity index (χ0n) is 19.4. The van der Waals surface area contributed by atoms with E-state index < -0.39 is 0 Å². The van der Waals surface area contributed by atoms with Crippen molar-refractivity contribution in [2.45, 2.75) is 90.7 Å². The molecular weight excluding hydrogens is 370 g/mol. The number of ketones is 1. The molecule has 4 aliphatic carbocycles. The number of aliphatic hydroxyl groups excluding tert-OH is 1. The minimum atomic E-state index is -0.242. The molecule has 0 aromatic heterocycles. The molecule has 168 valence electrons. The molecule has 12 atom stereocenters. The summed E-state index contributed by atoms with van der Waals surface area (Å²) in [7, 11) is 0. The fraction of sp³-hybridized carbons (Fsp3) is 0.963. The summed E-state index contributed by atoms with van der Waals surface area (Å²) in [5.41, 5.74) is 0.161. The number of carbonyl (C=O) groups excluding carboxylic acids is 1. The van der Waals surface area contributed by atoms with Crippen molar-refractivity contribution in [1.29, 1.82) is 0 Å². The molecule has 0 aromatic carbocycles. The predicted octanol–water partition coefficient (Wildman–Crippen LogP) is 4.77. The van der Waals surface area contributed by atoms with Gasteiger partial charge in [0.05, 0.1) is 6.10 Å². The normalized spacial score (nSPS) is 58.3. The van der Waals surface area contributed by atoms with Crippen molar-refractivity contribution in [3.05, 3.63) is 0 Å². The SMILES string of the molecule is C[C@H]1CC[C@@H]2[C@H](C)[C@@H]3CC[C@@H]4[C@@H](CC5[C@H]4CC(=O)[C@H]4C[C@@H](O)CC[C@]54C)[C@@H]3CN2C1. The topological polar surface area (TPSA) is 40.5 Å². The third-order valence-electron chi connectivity index (χ3n) is 11.8. The molecule has 6 rings (SSSR count). The minimum Gasteiger partial charge on any atom is -0.393 e. The molecule has 1 N–H and O–H groups in total. The number of carbonyl (C=O) groups is 1. The summed E-state index contributed by atoms with van der Waals surface area (Å²) >= 11 is 0. The smallest absolute Gasteiger partial charge is 0.136 e. The highest BCUT2D eigenvalue weighted by molar-refractivity contribution is 5.83. The molecule has 2 heterocycles. The van der Waals surface area contributed by atoms with Gasteiger partial charge in [-0.05, 0) is 104 Å². The van der Waals surface area contributed by atoms with Gasteiger partial charge in [0.1, 0.15) is 5.78 Å². The van der Waals surface area contributed by atoms with E-state index in [0.717, 1.165) is 73.2 Å². The van der Waals surface area contributed by atoms with Crippen LogP contribution < -0.4 is 0 Å². The van der Waals surface area contributed by atoms with Crippen LogP contribution in [0, 0.1) is 58.7 Å². The van der Waals surface area contributed by atoms with Gasteiger partial charge in [-0.15, -0.1) is 0 Å². The highest BCUT2D eigenvalue weighted by atomic mass is 16.3. The molecule has 30 heavy (non-hydrogen) atoms. The first-order chi connectivity index (χ1) is 14.4. The van der Waals surface area contributed by atoms with Gasteiger partial charge >= 0.3 is 0 Å². The number of Topliss-reactive ketones (excluding diaryl/α,β-unsaturated/α-hetero) is 1. The van der Waals surface area contributed by atoms with Crippen molar-refractivity contribution in [1.82, 2.24) is 4.90 Å². The van der Waals surface area contributed by atoms with Crippen LogP contribution in [0.2, 0.25) is 0 Å². The standard InChI is InChI=1S/C27H43NO2/c1-15-4-7-25-16(2)18-5-6-19-20(22(18)14-28(25)13-15)11-23-21(19)12-26(30)24-10-17(29)8-9-27(23,24)3/h15-25,29H,4-14H2,1-3H3/t15-,16+,17-,18-,19+,20+,21-,22+,23?,24+,25+,27+/m0/s1. The molecule has 6 fully saturated rings. The van der Waals surface area contributed by atoms with E-state index in [0.29, 0.717) is 11.7 Å². The summed E-state index contributed by atoms with van der Waals surface area (Å²) < 4.78 is 0. The van der Waals surface area contributed by atoms with Crippen molar-refractivity contribution in [2.24, 2.45) is 58.7 Å². The Kier molecular flexibility index (Phi) is 4.75. The summed E-state index contributed by atoms with van der Waals surface area (Å²) in [4.78, 5) is 16.1. The molecule has 2 aliphatic heterocycles. The molecule has 0 bridgehead atoms. The predicted molar refractivity (Wildman–Crippen MR) is 119 cm³/mol. The first-order valence-corrected chi connectivity index (χ1v) is 13.3. The Bertz CT molecular complexity index is 705. The maximum atomic E-state index is 13.2. The van der Waals surface area contributed by atoms with Crippen LogP contribution in [0.1, 0.15) is 78.6 Å². The largest absolute Gasteiger partial charge is 0.393 e. The lowest BCUT2D eigenvalue weighted by molar-refractivity contribution is -0.145. The Labute approximate surface area is 183 Å². The molecule has 1 unspecified atom stereocenters. The Morgan fingerprint density at radius 1 is 0.900 bits per heavy atom. The van der Waals surface area contributed by atoms with Crippen LogP contribution in [0.15, 0.2) is 0 Å². The lowest BCUT2D eigenvalue weighted by Crippen LogP contribution is -2.58. The second-order valence-corrected chi connectivity index (χ2v) is 13.0. The molecule has 6 aliphatic rings. The van der Waals surface area contributed by atoms with E-state index in [2.05, 4.69) is 25.7 Å². The van der Waals surface area contributed by atoms with Gasteiger partial charge in [-0.3, -0.25) is 9.69 Å². The van der Waals surface area contributed by atoms with E-state index in [4.69, 9.17) is 0 Å². The number of hydrogen-bond acceptors (Lipinski definition) is 3. The lowest BCUT2D eigenvalue weighted by Gasteiger charge is -2.56. The zero-order chi connectivity index (χ0) is 20.8. The van der Waals surface area contributed by atoms with E-state index in [1.807, 2.05) is 0 Å². The van der Waals surface area contributed by atoms with Crippen molar-refractivity contribution >= 4 is 5.78 Å². The van der Waals surface area contributed by atoms with Gasteiger partial charge in [-0.2, -0.15) is 0 Å². The van der Waals surface area contributed by atoms with Gasteiger partial charge in [0.25, 0.3) is 0 Å². The summed E-state index contributed by atoms with van der Waals surface area (Å²) in [6.45, 7) is 10.1. The average Bonchev–Trinajstić information content (AvgIpc) is 3.09. The molecule has 0 radical (unpaired) electrons. The molecule has 0 aromatic rings. The Balaban J connectivity index is 1.28. The van der Waals surface area contributed by atoms with Crippen LogP contribution in [0.5, 0.6) is 0 Å². The number of aliphatic hydroxyl groups is 1. The fourth-order valence-electron chi connectivity index (χ4n) is 10.3. The van der Waals surface area contributed by atoms with E-state index in [1.165, 1.54) is 45.2 Å². The maximum Gasteiger partial charge on any atom is 0.136 e. The van der Waals surface area contributed by atoms with Crippen LogP contribution in [0.25, 0.3) is 0 Å². The van der Waals surface area contributed by atoms with Crippen LogP contribution in [-0.4, -0.2) is 41.0 Å². The minimum absolute atomic E-state index is 0.135. The van der Waals surface area contributed by atoms with Crippen molar-refractivity contribution in [3.63, 3.8) is 0 Å².